The van der Waals surface area contributed by atoms with E-state index in [9.17, 15) is 9.90 Å². The van der Waals surface area contributed by atoms with E-state index in [-0.39, 0.29) is 17.7 Å². The molecule has 0 amide bonds. The van der Waals surface area contributed by atoms with Crippen molar-refractivity contribution in [3.8, 4) is 0 Å². The second-order valence-electron chi connectivity index (χ2n) is 4.74. The summed E-state index contributed by atoms with van der Waals surface area (Å²) in [5, 5.41) is 9.68. The summed E-state index contributed by atoms with van der Waals surface area (Å²) in [4.78, 5) is 11.3. The van der Waals surface area contributed by atoms with Crippen molar-refractivity contribution < 1.29 is 14.6 Å². The molecule has 1 N–H and O–H groups in total. The summed E-state index contributed by atoms with van der Waals surface area (Å²) < 4.78 is 5.51. The van der Waals surface area contributed by atoms with Gasteiger partial charge in [0.1, 0.15) is 5.60 Å². The van der Waals surface area contributed by atoms with Crippen LogP contribution in [0.15, 0.2) is 12.7 Å². The third-order valence-corrected chi connectivity index (χ3v) is 4.08. The van der Waals surface area contributed by atoms with Gasteiger partial charge in [0.15, 0.2) is 0 Å². The molecule has 2 rings (SSSR count). The lowest BCUT2D eigenvalue weighted by atomic mass is 9.81. The molecule has 4 atom stereocenters. The van der Waals surface area contributed by atoms with Crippen LogP contribution in [0.3, 0.4) is 0 Å². The van der Waals surface area contributed by atoms with Crippen LogP contribution in [0.1, 0.15) is 32.6 Å². The van der Waals surface area contributed by atoms with Gasteiger partial charge in [0.2, 0.25) is 0 Å². The summed E-state index contributed by atoms with van der Waals surface area (Å²) in [6.07, 6.45) is 4.47. The average molecular weight is 210 g/mol. The highest BCUT2D eigenvalue weighted by molar-refractivity contribution is 5.81. The van der Waals surface area contributed by atoms with Gasteiger partial charge in [0.25, 0.3) is 0 Å². The fourth-order valence-corrected chi connectivity index (χ4v) is 3.23. The molecular formula is C12H18O3. The van der Waals surface area contributed by atoms with Gasteiger partial charge in [-0.1, -0.05) is 13.5 Å². The Kier molecular flexibility index (Phi) is 2.59. The molecule has 4 unspecified atom stereocenters. The Hall–Kier alpha value is -0.830. The molecule has 2 saturated carbocycles. The Balaban J connectivity index is 2.12. The molecule has 0 radical (unpaired) electrons. The minimum atomic E-state index is -0.334. The number of rotatable bonds is 3. The second-order valence-corrected chi connectivity index (χ2v) is 4.74. The SMILES string of the molecule is C=CC(=O)OC1(CC)CC2CC1CC2O. The number of hydrogen-bond donors (Lipinski definition) is 1. The molecule has 2 aliphatic rings. The Labute approximate surface area is 90.1 Å². The van der Waals surface area contributed by atoms with E-state index in [1.807, 2.05) is 6.92 Å². The maximum absolute atomic E-state index is 11.3. The van der Waals surface area contributed by atoms with E-state index in [2.05, 4.69) is 6.58 Å². The van der Waals surface area contributed by atoms with Crippen molar-refractivity contribution in [1.29, 1.82) is 0 Å². The number of carbonyl (C=O) groups is 1. The molecule has 3 nitrogen and oxygen atoms in total. The normalized spacial score (nSPS) is 42.9. The van der Waals surface area contributed by atoms with Gasteiger partial charge in [-0.15, -0.1) is 0 Å². The minimum Gasteiger partial charge on any atom is -0.456 e. The highest BCUT2D eigenvalue weighted by Crippen LogP contribution is 2.54. The van der Waals surface area contributed by atoms with Gasteiger partial charge in [-0.05, 0) is 31.6 Å². The van der Waals surface area contributed by atoms with Crippen LogP contribution >= 0.6 is 0 Å². The van der Waals surface area contributed by atoms with Crippen molar-refractivity contribution in [2.45, 2.75) is 44.3 Å². The van der Waals surface area contributed by atoms with Crippen molar-refractivity contribution in [2.24, 2.45) is 11.8 Å². The first kappa shape index (κ1) is 10.7. The first-order valence-electron chi connectivity index (χ1n) is 5.64. The molecule has 3 heteroatoms. The van der Waals surface area contributed by atoms with Crippen LogP contribution in [-0.2, 0) is 9.53 Å². The summed E-state index contributed by atoms with van der Waals surface area (Å²) in [5.41, 5.74) is -0.324. The molecule has 15 heavy (non-hydrogen) atoms. The van der Waals surface area contributed by atoms with E-state index in [1.54, 1.807) is 0 Å². The number of esters is 1. The van der Waals surface area contributed by atoms with E-state index in [4.69, 9.17) is 4.74 Å². The quantitative estimate of drug-likeness (QED) is 0.569. The van der Waals surface area contributed by atoms with Gasteiger partial charge < -0.3 is 9.84 Å². The van der Waals surface area contributed by atoms with Gasteiger partial charge in [-0.25, -0.2) is 4.79 Å². The zero-order valence-electron chi connectivity index (χ0n) is 9.11. The number of fused-ring (bicyclic) bond motifs is 2. The van der Waals surface area contributed by atoms with Gasteiger partial charge in [0, 0.05) is 12.0 Å². The largest absolute Gasteiger partial charge is 0.456 e. The fourth-order valence-electron chi connectivity index (χ4n) is 3.23. The average Bonchev–Trinajstić information content (AvgIpc) is 2.74. The highest BCUT2D eigenvalue weighted by atomic mass is 16.6. The van der Waals surface area contributed by atoms with Crippen LogP contribution in [0.2, 0.25) is 0 Å². The van der Waals surface area contributed by atoms with E-state index in [0.29, 0.717) is 11.8 Å². The first-order valence-corrected chi connectivity index (χ1v) is 5.64. The Morgan fingerprint density at radius 1 is 1.67 bits per heavy atom. The second kappa shape index (κ2) is 3.63. The van der Waals surface area contributed by atoms with Crippen LogP contribution in [-0.4, -0.2) is 22.8 Å². The molecule has 0 saturated heterocycles. The molecule has 0 aromatic heterocycles. The zero-order valence-corrected chi connectivity index (χ0v) is 9.11. The summed E-state index contributed by atoms with van der Waals surface area (Å²) >= 11 is 0. The number of carbonyl (C=O) groups excluding carboxylic acids is 1. The van der Waals surface area contributed by atoms with Crippen molar-refractivity contribution in [3.05, 3.63) is 12.7 Å². The lowest BCUT2D eigenvalue weighted by Crippen LogP contribution is -2.42. The highest BCUT2D eigenvalue weighted by Gasteiger charge is 2.55. The van der Waals surface area contributed by atoms with Gasteiger partial charge in [-0.3, -0.25) is 0 Å². The Morgan fingerprint density at radius 2 is 2.40 bits per heavy atom. The molecule has 0 aliphatic heterocycles. The number of aliphatic hydroxyl groups excluding tert-OH is 1. The van der Waals surface area contributed by atoms with Gasteiger partial charge in [0.05, 0.1) is 6.10 Å². The summed E-state index contributed by atoms with van der Waals surface area (Å²) in [7, 11) is 0. The maximum Gasteiger partial charge on any atom is 0.330 e. The van der Waals surface area contributed by atoms with E-state index < -0.39 is 0 Å². The van der Waals surface area contributed by atoms with Crippen molar-refractivity contribution >= 4 is 5.97 Å². The molecule has 2 bridgehead atoms. The predicted octanol–water partition coefficient (Wildman–Crippen LogP) is 1.66. The number of aliphatic hydroxyl groups is 1. The standard InChI is InChI=1S/C12H18O3/c1-3-11(14)15-12(4-2)7-8-5-9(12)6-10(8)13/h3,8-10,13H,1,4-7H2,2H3. The fraction of sp³-hybridized carbons (Fsp3) is 0.750. The summed E-state index contributed by atoms with van der Waals surface area (Å²) in [5.74, 6) is 0.331. The number of hydrogen-bond acceptors (Lipinski definition) is 3. The van der Waals surface area contributed by atoms with E-state index >= 15 is 0 Å². The molecule has 2 fully saturated rings. The maximum atomic E-state index is 11.3. The zero-order chi connectivity index (χ0) is 11.1. The Morgan fingerprint density at radius 3 is 2.80 bits per heavy atom. The monoisotopic (exact) mass is 210 g/mol. The predicted molar refractivity (Wildman–Crippen MR) is 56.1 cm³/mol. The van der Waals surface area contributed by atoms with Crippen LogP contribution < -0.4 is 0 Å². The third kappa shape index (κ3) is 1.59. The van der Waals surface area contributed by atoms with Crippen molar-refractivity contribution in [1.82, 2.24) is 0 Å². The van der Waals surface area contributed by atoms with Crippen LogP contribution in [0, 0.1) is 11.8 Å². The minimum absolute atomic E-state index is 0.183. The third-order valence-electron chi connectivity index (χ3n) is 4.08. The lowest BCUT2D eigenvalue weighted by Gasteiger charge is -2.37. The van der Waals surface area contributed by atoms with E-state index in [0.717, 1.165) is 25.7 Å². The van der Waals surface area contributed by atoms with Gasteiger partial charge >= 0.3 is 5.97 Å². The topological polar surface area (TPSA) is 46.5 Å². The molecule has 0 spiro atoms. The first-order chi connectivity index (χ1) is 7.11. The lowest BCUT2D eigenvalue weighted by molar-refractivity contribution is -0.162. The van der Waals surface area contributed by atoms with Crippen LogP contribution in [0.25, 0.3) is 0 Å². The van der Waals surface area contributed by atoms with Crippen LogP contribution in [0.4, 0.5) is 0 Å². The summed E-state index contributed by atoms with van der Waals surface area (Å²) in [6, 6.07) is 0. The number of ether oxygens (including phenoxy) is 1. The van der Waals surface area contributed by atoms with Gasteiger partial charge in [-0.2, -0.15) is 0 Å². The van der Waals surface area contributed by atoms with E-state index in [1.165, 1.54) is 6.08 Å². The molecule has 0 heterocycles. The van der Waals surface area contributed by atoms with Crippen LogP contribution in [0.5, 0.6) is 0 Å². The molecular weight excluding hydrogens is 192 g/mol. The smallest absolute Gasteiger partial charge is 0.330 e. The molecule has 0 aromatic rings. The molecule has 84 valence electrons. The Bertz CT molecular complexity index is 285. The van der Waals surface area contributed by atoms with Crippen molar-refractivity contribution in [2.75, 3.05) is 0 Å². The molecule has 2 aliphatic carbocycles. The molecule has 0 aromatic carbocycles. The van der Waals surface area contributed by atoms with Crippen molar-refractivity contribution in [3.63, 3.8) is 0 Å². The summed E-state index contributed by atoms with van der Waals surface area (Å²) in [6.45, 7) is 5.47.